The van der Waals surface area contributed by atoms with Crippen LogP contribution in [0.15, 0.2) is 64.5 Å². The molecule has 3 heterocycles. The van der Waals surface area contributed by atoms with Crippen molar-refractivity contribution in [3.8, 4) is 0 Å². The van der Waals surface area contributed by atoms with Crippen molar-refractivity contribution in [2.75, 3.05) is 5.75 Å². The maximum atomic E-state index is 12.2. The van der Waals surface area contributed by atoms with Gasteiger partial charge in [0.05, 0.1) is 22.0 Å². The molecule has 0 fully saturated rings. The Morgan fingerprint density at radius 2 is 1.93 bits per heavy atom. The number of carbonyl (C=O) groups is 1. The molecule has 4 aromatic rings. The molecule has 0 unspecified atom stereocenters. The van der Waals surface area contributed by atoms with Crippen molar-refractivity contribution in [1.82, 2.24) is 14.4 Å². The second-order valence-electron chi connectivity index (χ2n) is 6.76. The third-order valence-corrected chi connectivity index (χ3v) is 5.36. The number of fused-ring (bicyclic) bond motifs is 2. The zero-order chi connectivity index (χ0) is 20.4. The summed E-state index contributed by atoms with van der Waals surface area (Å²) in [4.78, 5) is 33.3. The maximum Gasteiger partial charge on any atom is 0.316 e. The lowest BCUT2D eigenvalue weighted by Gasteiger charge is -2.08. The molecule has 0 spiro atoms. The monoisotopic (exact) mass is 405 g/mol. The Labute approximate surface area is 171 Å². The van der Waals surface area contributed by atoms with Gasteiger partial charge in [-0.25, -0.2) is 9.97 Å². The van der Waals surface area contributed by atoms with Crippen molar-refractivity contribution in [1.29, 1.82) is 0 Å². The summed E-state index contributed by atoms with van der Waals surface area (Å²) >= 11 is 1.33. The molecule has 146 valence electrons. The van der Waals surface area contributed by atoms with E-state index in [4.69, 9.17) is 4.74 Å². The largest absolute Gasteiger partial charge is 0.459 e. The maximum absolute atomic E-state index is 12.2. The lowest BCUT2D eigenvalue weighted by molar-refractivity contribution is -0.141. The van der Waals surface area contributed by atoms with Crippen LogP contribution >= 0.6 is 11.8 Å². The lowest BCUT2D eigenvalue weighted by Crippen LogP contribution is -2.17. The number of pyridine rings is 2. The van der Waals surface area contributed by atoms with Gasteiger partial charge in [0.2, 0.25) is 0 Å². The summed E-state index contributed by atoms with van der Waals surface area (Å²) in [5.41, 5.74) is 3.74. The number of para-hydroxylation sites is 1. The highest BCUT2D eigenvalue weighted by molar-refractivity contribution is 7.99. The van der Waals surface area contributed by atoms with Crippen molar-refractivity contribution in [3.63, 3.8) is 0 Å². The number of ether oxygens (including phenoxy) is 1. The van der Waals surface area contributed by atoms with Gasteiger partial charge in [-0.1, -0.05) is 36.0 Å². The first-order valence-corrected chi connectivity index (χ1v) is 10.1. The van der Waals surface area contributed by atoms with Crippen molar-refractivity contribution < 1.29 is 9.53 Å². The molecule has 0 bridgehead atoms. The van der Waals surface area contributed by atoms with Crippen molar-refractivity contribution >= 4 is 34.3 Å². The number of thioether (sulfide) groups is 1. The molecule has 4 rings (SSSR count). The van der Waals surface area contributed by atoms with Gasteiger partial charge in [-0.3, -0.25) is 14.0 Å². The van der Waals surface area contributed by atoms with Gasteiger partial charge in [-0.2, -0.15) is 0 Å². The number of benzene rings is 1. The number of hydrogen-bond acceptors (Lipinski definition) is 6. The summed E-state index contributed by atoms with van der Waals surface area (Å²) in [7, 11) is 0. The van der Waals surface area contributed by atoms with Crippen LogP contribution in [-0.4, -0.2) is 26.1 Å². The summed E-state index contributed by atoms with van der Waals surface area (Å²) in [6.45, 7) is 3.89. The summed E-state index contributed by atoms with van der Waals surface area (Å²) in [5, 5.41) is 1.87. The van der Waals surface area contributed by atoms with Crippen molar-refractivity contribution in [3.05, 3.63) is 81.9 Å². The zero-order valence-electron chi connectivity index (χ0n) is 16.1. The Bertz CT molecular complexity index is 1280. The van der Waals surface area contributed by atoms with Crippen molar-refractivity contribution in [2.45, 2.75) is 25.5 Å². The quantitative estimate of drug-likeness (QED) is 0.372. The van der Waals surface area contributed by atoms with E-state index in [1.165, 1.54) is 22.2 Å². The number of aryl methyl sites for hydroxylation is 2. The van der Waals surface area contributed by atoms with E-state index in [-0.39, 0.29) is 23.9 Å². The number of aromatic nitrogens is 3. The first-order chi connectivity index (χ1) is 14.0. The average molecular weight is 405 g/mol. The topological polar surface area (TPSA) is 73.6 Å². The molecule has 7 heteroatoms. The Balaban J connectivity index is 1.40. The first kappa shape index (κ1) is 19.1. The lowest BCUT2D eigenvalue weighted by atomic mass is 10.1. The van der Waals surface area contributed by atoms with Crippen LogP contribution in [0.5, 0.6) is 0 Å². The van der Waals surface area contributed by atoms with Crippen LogP contribution < -0.4 is 5.56 Å². The molecule has 0 aliphatic rings. The highest BCUT2D eigenvalue weighted by atomic mass is 32.2. The summed E-state index contributed by atoms with van der Waals surface area (Å²) < 4.78 is 6.77. The van der Waals surface area contributed by atoms with E-state index >= 15 is 0 Å². The van der Waals surface area contributed by atoms with E-state index < -0.39 is 0 Å². The molecule has 1 aromatic carbocycles. The van der Waals surface area contributed by atoms with E-state index in [1.54, 1.807) is 12.3 Å². The van der Waals surface area contributed by atoms with Gasteiger partial charge in [0.15, 0.2) is 0 Å². The van der Waals surface area contributed by atoms with Gasteiger partial charge in [-0.05, 0) is 43.2 Å². The number of carbonyl (C=O) groups excluding carboxylic acids is 1. The minimum atomic E-state index is -0.381. The zero-order valence-corrected chi connectivity index (χ0v) is 16.9. The average Bonchev–Trinajstić information content (AvgIpc) is 2.71. The Hall–Kier alpha value is -3.19. The standard InChI is InChI=1S/C22H19N3O3S/c1-14-7-8-19-23-16(10-21(26)25(19)11-14)12-28-22(27)13-29-20-9-15(2)17-5-3-4-6-18(17)24-20/h3-11H,12-13H2,1-2H3. The molecular weight excluding hydrogens is 386 g/mol. The molecule has 0 N–H and O–H groups in total. The fraction of sp³-hybridized carbons (Fsp3) is 0.182. The predicted octanol–water partition coefficient (Wildman–Crippen LogP) is 3.70. The van der Waals surface area contributed by atoms with Gasteiger partial charge >= 0.3 is 5.97 Å². The smallest absolute Gasteiger partial charge is 0.316 e. The molecule has 29 heavy (non-hydrogen) atoms. The first-order valence-electron chi connectivity index (χ1n) is 9.13. The van der Waals surface area contributed by atoms with Crippen molar-refractivity contribution in [2.24, 2.45) is 0 Å². The second-order valence-corrected chi connectivity index (χ2v) is 7.76. The van der Waals surface area contributed by atoms with E-state index in [9.17, 15) is 9.59 Å². The van der Waals surface area contributed by atoms with Gasteiger partial charge in [0.1, 0.15) is 12.3 Å². The highest BCUT2D eigenvalue weighted by Crippen LogP contribution is 2.23. The van der Waals surface area contributed by atoms with Crippen LogP contribution in [-0.2, 0) is 16.1 Å². The molecule has 0 aliphatic carbocycles. The number of esters is 1. The van der Waals surface area contributed by atoms with E-state index in [1.807, 2.05) is 50.2 Å². The van der Waals surface area contributed by atoms with Crippen LogP contribution in [0.1, 0.15) is 16.8 Å². The molecule has 3 aromatic heterocycles. The Kier molecular flexibility index (Phi) is 5.31. The molecule has 0 atom stereocenters. The Morgan fingerprint density at radius 1 is 1.10 bits per heavy atom. The fourth-order valence-electron chi connectivity index (χ4n) is 3.05. The predicted molar refractivity (Wildman–Crippen MR) is 113 cm³/mol. The number of hydrogen-bond donors (Lipinski definition) is 0. The molecule has 6 nitrogen and oxygen atoms in total. The molecule has 0 radical (unpaired) electrons. The van der Waals surface area contributed by atoms with E-state index in [0.29, 0.717) is 11.3 Å². The van der Waals surface area contributed by atoms with Gasteiger partial charge in [-0.15, -0.1) is 0 Å². The molecule has 0 aliphatic heterocycles. The second kappa shape index (κ2) is 8.05. The third kappa shape index (κ3) is 4.30. The summed E-state index contributed by atoms with van der Waals surface area (Å²) in [6.07, 6.45) is 1.73. The van der Waals surface area contributed by atoms with Crippen LogP contribution in [0.4, 0.5) is 0 Å². The van der Waals surface area contributed by atoms with Crippen LogP contribution in [0.2, 0.25) is 0 Å². The molecule has 0 amide bonds. The van der Waals surface area contributed by atoms with Gasteiger partial charge < -0.3 is 4.74 Å². The molecular formula is C22H19N3O3S. The minimum absolute atomic E-state index is 0.0385. The van der Waals surface area contributed by atoms with Crippen LogP contribution in [0.3, 0.4) is 0 Å². The van der Waals surface area contributed by atoms with E-state index in [0.717, 1.165) is 27.1 Å². The fourth-order valence-corrected chi connectivity index (χ4v) is 3.83. The molecule has 0 saturated heterocycles. The number of nitrogens with zero attached hydrogens (tertiary/aromatic N) is 3. The third-order valence-electron chi connectivity index (χ3n) is 4.48. The van der Waals surface area contributed by atoms with Gasteiger partial charge in [0, 0.05) is 17.6 Å². The SMILES string of the molecule is Cc1ccc2nc(COC(=O)CSc3cc(C)c4ccccc4n3)cc(=O)n2c1. The minimum Gasteiger partial charge on any atom is -0.459 e. The summed E-state index contributed by atoms with van der Waals surface area (Å²) in [6, 6.07) is 14.9. The number of rotatable bonds is 5. The van der Waals surface area contributed by atoms with Crippen LogP contribution in [0, 0.1) is 13.8 Å². The summed E-state index contributed by atoms with van der Waals surface area (Å²) in [5.74, 6) is -0.246. The Morgan fingerprint density at radius 3 is 2.79 bits per heavy atom. The van der Waals surface area contributed by atoms with E-state index in [2.05, 4.69) is 9.97 Å². The normalized spacial score (nSPS) is 11.1. The molecule has 0 saturated carbocycles. The van der Waals surface area contributed by atoms with Gasteiger partial charge in [0.25, 0.3) is 5.56 Å². The van der Waals surface area contributed by atoms with Crippen LogP contribution in [0.25, 0.3) is 16.6 Å². The highest BCUT2D eigenvalue weighted by Gasteiger charge is 2.10.